The third-order valence-electron chi connectivity index (χ3n) is 3.52. The molecule has 3 nitrogen and oxygen atoms in total. The number of anilines is 1. The Balaban J connectivity index is 1.82. The first kappa shape index (κ1) is 9.70. The predicted molar refractivity (Wildman–Crippen MR) is 66.4 cm³/mol. The topological polar surface area (TPSA) is 18.8 Å². The summed E-state index contributed by atoms with van der Waals surface area (Å²) in [6.45, 7) is 3.19. The smallest absolute Gasteiger partial charge is 0.127 e. The lowest BCUT2D eigenvalue weighted by Gasteiger charge is -2.23. The highest BCUT2D eigenvalue weighted by Gasteiger charge is 2.34. The Morgan fingerprint density at radius 1 is 1.31 bits per heavy atom. The van der Waals surface area contributed by atoms with Crippen LogP contribution in [0.3, 0.4) is 0 Å². The maximum Gasteiger partial charge on any atom is 0.127 e. The third-order valence-corrected chi connectivity index (χ3v) is 3.52. The lowest BCUT2D eigenvalue weighted by molar-refractivity contribution is 0.344. The molecule has 16 heavy (non-hydrogen) atoms. The van der Waals surface area contributed by atoms with Gasteiger partial charge in [0.25, 0.3) is 0 Å². The van der Waals surface area contributed by atoms with Crippen LogP contribution in [0.5, 0.6) is 0 Å². The van der Waals surface area contributed by atoms with Gasteiger partial charge in [-0.15, -0.1) is 0 Å². The highest BCUT2D eigenvalue weighted by molar-refractivity contribution is 5.87. The molecule has 2 heterocycles. The van der Waals surface area contributed by atoms with E-state index in [4.69, 9.17) is 5.10 Å². The van der Waals surface area contributed by atoms with Crippen LogP contribution in [0.2, 0.25) is 0 Å². The Hall–Kier alpha value is -1.51. The van der Waals surface area contributed by atoms with Gasteiger partial charge in [0, 0.05) is 12.5 Å². The van der Waals surface area contributed by atoms with Crippen molar-refractivity contribution in [2.45, 2.75) is 32.2 Å². The second-order valence-corrected chi connectivity index (χ2v) is 4.46. The van der Waals surface area contributed by atoms with Gasteiger partial charge in [0.15, 0.2) is 0 Å². The van der Waals surface area contributed by atoms with E-state index in [-0.39, 0.29) is 0 Å². The van der Waals surface area contributed by atoms with Crippen LogP contribution in [0.4, 0.5) is 5.69 Å². The highest BCUT2D eigenvalue weighted by atomic mass is 15.6. The zero-order chi connectivity index (χ0) is 11.0. The van der Waals surface area contributed by atoms with Gasteiger partial charge in [-0.2, -0.15) is 5.10 Å². The summed E-state index contributed by atoms with van der Waals surface area (Å²) in [4.78, 5) is 2.45. The van der Waals surface area contributed by atoms with E-state index < -0.39 is 0 Å². The van der Waals surface area contributed by atoms with Crippen LogP contribution in [0.1, 0.15) is 26.2 Å². The SMILES string of the molecule is CCC1CCC2=NN(c3ccccc3)CN21. The monoisotopic (exact) mass is 215 g/mol. The van der Waals surface area contributed by atoms with Crippen LogP contribution in [0.25, 0.3) is 0 Å². The summed E-state index contributed by atoms with van der Waals surface area (Å²) >= 11 is 0. The van der Waals surface area contributed by atoms with Gasteiger partial charge in [0.1, 0.15) is 12.5 Å². The normalized spacial score (nSPS) is 23.6. The third kappa shape index (κ3) is 1.47. The Bertz CT molecular complexity index is 399. The molecule has 3 rings (SSSR count). The first-order chi connectivity index (χ1) is 7.88. The van der Waals surface area contributed by atoms with Crippen LogP contribution in [0.15, 0.2) is 35.4 Å². The molecule has 2 aliphatic rings. The van der Waals surface area contributed by atoms with E-state index in [0.717, 1.165) is 13.1 Å². The molecule has 1 fully saturated rings. The molecule has 0 aromatic heterocycles. The van der Waals surface area contributed by atoms with E-state index in [1.807, 2.05) is 6.07 Å². The Morgan fingerprint density at radius 2 is 2.12 bits per heavy atom. The number of amidine groups is 1. The highest BCUT2D eigenvalue weighted by Crippen LogP contribution is 2.29. The number of fused-ring (bicyclic) bond motifs is 1. The maximum atomic E-state index is 4.69. The molecule has 0 amide bonds. The van der Waals surface area contributed by atoms with Gasteiger partial charge in [-0.1, -0.05) is 25.1 Å². The molecule has 1 unspecified atom stereocenters. The number of nitrogens with zero attached hydrogens (tertiary/aromatic N) is 3. The summed E-state index contributed by atoms with van der Waals surface area (Å²) in [6, 6.07) is 11.1. The van der Waals surface area contributed by atoms with Gasteiger partial charge in [-0.25, -0.2) is 5.01 Å². The van der Waals surface area contributed by atoms with Gasteiger partial charge < -0.3 is 4.90 Å². The number of hydrogen-bond acceptors (Lipinski definition) is 3. The molecule has 1 saturated heterocycles. The average molecular weight is 215 g/mol. The summed E-state index contributed by atoms with van der Waals surface area (Å²) in [5, 5.41) is 6.80. The standard InChI is InChI=1S/C13H17N3/c1-2-11-8-9-13-14-16(10-15(11)13)12-6-4-3-5-7-12/h3-7,11H,2,8-10H2,1H3. The quantitative estimate of drug-likeness (QED) is 0.755. The van der Waals surface area contributed by atoms with Gasteiger partial charge in [0.2, 0.25) is 0 Å². The number of para-hydroxylation sites is 1. The van der Waals surface area contributed by atoms with E-state index in [1.54, 1.807) is 0 Å². The molecule has 0 bridgehead atoms. The lowest BCUT2D eigenvalue weighted by Crippen LogP contribution is -2.33. The molecule has 2 aliphatic heterocycles. The van der Waals surface area contributed by atoms with E-state index in [9.17, 15) is 0 Å². The van der Waals surface area contributed by atoms with Crippen LogP contribution in [-0.2, 0) is 0 Å². The van der Waals surface area contributed by atoms with Gasteiger partial charge in [0.05, 0.1) is 5.69 Å². The van der Waals surface area contributed by atoms with Crippen molar-refractivity contribution < 1.29 is 0 Å². The van der Waals surface area contributed by atoms with Crippen molar-refractivity contribution in [2.75, 3.05) is 11.7 Å². The van der Waals surface area contributed by atoms with Gasteiger partial charge in [-0.05, 0) is 25.0 Å². The van der Waals surface area contributed by atoms with Crippen molar-refractivity contribution in [3.8, 4) is 0 Å². The molecule has 3 heteroatoms. The summed E-state index contributed by atoms with van der Waals surface area (Å²) in [5.41, 5.74) is 1.19. The largest absolute Gasteiger partial charge is 0.336 e. The zero-order valence-corrected chi connectivity index (χ0v) is 9.63. The Kier molecular flexibility index (Phi) is 2.31. The molecule has 0 aliphatic carbocycles. The minimum Gasteiger partial charge on any atom is -0.336 e. The predicted octanol–water partition coefficient (Wildman–Crippen LogP) is 2.65. The molecule has 0 radical (unpaired) electrons. The van der Waals surface area contributed by atoms with Crippen molar-refractivity contribution in [2.24, 2.45) is 5.10 Å². The maximum absolute atomic E-state index is 4.69. The molecule has 0 N–H and O–H groups in total. The van der Waals surface area contributed by atoms with Crippen molar-refractivity contribution in [1.82, 2.24) is 4.90 Å². The fourth-order valence-corrected chi connectivity index (χ4v) is 2.59. The summed E-state index contributed by atoms with van der Waals surface area (Å²) < 4.78 is 0. The number of rotatable bonds is 2. The number of hydrazone groups is 1. The van der Waals surface area contributed by atoms with Crippen LogP contribution in [-0.4, -0.2) is 23.4 Å². The fourth-order valence-electron chi connectivity index (χ4n) is 2.59. The second-order valence-electron chi connectivity index (χ2n) is 4.46. The van der Waals surface area contributed by atoms with E-state index in [0.29, 0.717) is 6.04 Å². The van der Waals surface area contributed by atoms with Crippen LogP contribution >= 0.6 is 0 Å². The second kappa shape index (κ2) is 3.81. The van der Waals surface area contributed by atoms with Crippen molar-refractivity contribution in [3.63, 3.8) is 0 Å². The molecule has 1 aromatic carbocycles. The molecular formula is C13H17N3. The fraction of sp³-hybridized carbons (Fsp3) is 0.462. The van der Waals surface area contributed by atoms with E-state index >= 15 is 0 Å². The molecule has 0 spiro atoms. The molecule has 1 aromatic rings. The summed E-state index contributed by atoms with van der Waals surface area (Å²) in [6.07, 6.45) is 3.64. The Morgan fingerprint density at radius 3 is 2.88 bits per heavy atom. The molecular weight excluding hydrogens is 198 g/mol. The molecule has 0 saturated carbocycles. The Labute approximate surface area is 96.4 Å². The lowest BCUT2D eigenvalue weighted by atomic mass is 10.2. The first-order valence-electron chi connectivity index (χ1n) is 6.05. The number of benzene rings is 1. The number of hydrogen-bond donors (Lipinski definition) is 0. The average Bonchev–Trinajstić information content (AvgIpc) is 2.89. The van der Waals surface area contributed by atoms with Crippen LogP contribution in [0, 0.1) is 0 Å². The van der Waals surface area contributed by atoms with E-state index in [1.165, 1.54) is 24.4 Å². The van der Waals surface area contributed by atoms with Crippen molar-refractivity contribution >= 4 is 11.5 Å². The molecule has 1 atom stereocenters. The van der Waals surface area contributed by atoms with Crippen molar-refractivity contribution in [1.29, 1.82) is 0 Å². The van der Waals surface area contributed by atoms with Crippen molar-refractivity contribution in [3.05, 3.63) is 30.3 Å². The minimum atomic E-state index is 0.701. The minimum absolute atomic E-state index is 0.701. The summed E-state index contributed by atoms with van der Waals surface area (Å²) in [7, 11) is 0. The summed E-state index contributed by atoms with van der Waals surface area (Å²) in [5.74, 6) is 1.27. The van der Waals surface area contributed by atoms with Crippen LogP contribution < -0.4 is 5.01 Å². The van der Waals surface area contributed by atoms with Gasteiger partial charge >= 0.3 is 0 Å². The molecule has 84 valence electrons. The first-order valence-corrected chi connectivity index (χ1v) is 6.05. The zero-order valence-electron chi connectivity index (χ0n) is 9.63. The van der Waals surface area contributed by atoms with E-state index in [2.05, 4.69) is 41.1 Å². The van der Waals surface area contributed by atoms with Gasteiger partial charge in [-0.3, -0.25) is 0 Å².